The zero-order chi connectivity index (χ0) is 19.4. The number of hydrogen-bond donors (Lipinski definition) is 1. The lowest BCUT2D eigenvalue weighted by Gasteiger charge is -2.09. The van der Waals surface area contributed by atoms with Crippen molar-refractivity contribution in [1.29, 1.82) is 0 Å². The van der Waals surface area contributed by atoms with E-state index in [-0.39, 0.29) is 15.9 Å². The van der Waals surface area contributed by atoms with Gasteiger partial charge in [-0.15, -0.1) is 0 Å². The molecule has 27 heavy (non-hydrogen) atoms. The van der Waals surface area contributed by atoms with E-state index < -0.39 is 30.1 Å². The molecule has 3 aromatic rings. The summed E-state index contributed by atoms with van der Waals surface area (Å²) in [5.74, 6) is -3.01. The van der Waals surface area contributed by atoms with Gasteiger partial charge in [-0.2, -0.15) is 5.10 Å². The summed E-state index contributed by atoms with van der Waals surface area (Å²) < 4.78 is 38.5. The first-order chi connectivity index (χ1) is 12.9. The van der Waals surface area contributed by atoms with Crippen LogP contribution in [-0.2, 0) is 16.1 Å². The Bertz CT molecular complexity index is 949. The highest BCUT2D eigenvalue weighted by atomic mass is 79.9. The van der Waals surface area contributed by atoms with E-state index in [9.17, 15) is 18.4 Å². The average Bonchev–Trinajstić information content (AvgIpc) is 3.28. The Kier molecular flexibility index (Phi) is 5.65. The molecule has 10 heteroatoms. The molecule has 1 N–H and O–H groups in total. The minimum absolute atomic E-state index is 0.0222. The number of hydrogen-bond acceptors (Lipinski definition) is 5. The van der Waals surface area contributed by atoms with E-state index >= 15 is 0 Å². The second-order valence-corrected chi connectivity index (χ2v) is 6.19. The van der Waals surface area contributed by atoms with E-state index in [0.717, 1.165) is 6.07 Å². The van der Waals surface area contributed by atoms with Crippen LogP contribution in [-0.4, -0.2) is 28.3 Å². The van der Waals surface area contributed by atoms with E-state index in [4.69, 9.17) is 9.15 Å². The Labute approximate surface area is 160 Å². The van der Waals surface area contributed by atoms with E-state index in [2.05, 4.69) is 26.3 Å². The number of halogens is 3. The third kappa shape index (κ3) is 4.79. The van der Waals surface area contributed by atoms with Gasteiger partial charge in [0.1, 0.15) is 11.6 Å². The fourth-order valence-corrected chi connectivity index (χ4v) is 2.67. The van der Waals surface area contributed by atoms with Crippen LogP contribution in [0.25, 0.3) is 0 Å². The van der Waals surface area contributed by atoms with Crippen LogP contribution in [0.1, 0.15) is 16.3 Å². The van der Waals surface area contributed by atoms with Crippen LogP contribution in [0.15, 0.2) is 51.6 Å². The van der Waals surface area contributed by atoms with Crippen molar-refractivity contribution in [3.8, 4) is 0 Å². The molecule has 0 aliphatic heterocycles. The van der Waals surface area contributed by atoms with Crippen molar-refractivity contribution in [1.82, 2.24) is 9.78 Å². The zero-order valence-corrected chi connectivity index (χ0v) is 15.2. The quantitative estimate of drug-likeness (QED) is 0.595. The average molecular weight is 440 g/mol. The molecule has 1 aromatic carbocycles. The molecular formula is C17H12BrF2N3O4. The van der Waals surface area contributed by atoms with Crippen LogP contribution in [0.3, 0.4) is 0 Å². The van der Waals surface area contributed by atoms with Crippen molar-refractivity contribution in [2.75, 3.05) is 11.9 Å². The van der Waals surface area contributed by atoms with Gasteiger partial charge in [-0.3, -0.25) is 9.48 Å². The smallest absolute Gasteiger partial charge is 0.374 e. The van der Waals surface area contributed by atoms with Crippen molar-refractivity contribution in [3.63, 3.8) is 0 Å². The van der Waals surface area contributed by atoms with Gasteiger partial charge < -0.3 is 14.5 Å². The van der Waals surface area contributed by atoms with Gasteiger partial charge >= 0.3 is 5.97 Å². The summed E-state index contributed by atoms with van der Waals surface area (Å²) >= 11 is 2.95. The molecule has 0 bridgehead atoms. The number of anilines is 1. The highest BCUT2D eigenvalue weighted by Gasteiger charge is 2.17. The lowest BCUT2D eigenvalue weighted by molar-refractivity contribution is -0.119. The van der Waals surface area contributed by atoms with Crippen molar-refractivity contribution >= 4 is 33.5 Å². The molecule has 140 valence electrons. The first kappa shape index (κ1) is 18.8. The Balaban J connectivity index is 1.55. The van der Waals surface area contributed by atoms with Gasteiger partial charge in [-0.25, -0.2) is 13.6 Å². The Morgan fingerprint density at radius 3 is 2.81 bits per heavy atom. The molecule has 0 atom stereocenters. The number of furan rings is 1. The summed E-state index contributed by atoms with van der Waals surface area (Å²) in [6, 6.07) is 6.36. The summed E-state index contributed by atoms with van der Waals surface area (Å²) in [5, 5.41) is 6.21. The normalized spacial score (nSPS) is 10.6. The largest absolute Gasteiger partial charge is 0.452 e. The van der Waals surface area contributed by atoms with Crippen LogP contribution in [0.4, 0.5) is 14.5 Å². The Morgan fingerprint density at radius 1 is 1.30 bits per heavy atom. The molecule has 0 radical (unpaired) electrons. The lowest BCUT2D eigenvalue weighted by atomic mass is 10.3. The minimum Gasteiger partial charge on any atom is -0.452 e. The Hall–Kier alpha value is -3.01. The molecule has 0 saturated heterocycles. The van der Waals surface area contributed by atoms with E-state index in [1.54, 1.807) is 29.2 Å². The van der Waals surface area contributed by atoms with Gasteiger partial charge in [0, 0.05) is 22.9 Å². The highest BCUT2D eigenvalue weighted by Crippen LogP contribution is 2.26. The minimum atomic E-state index is -0.962. The topological polar surface area (TPSA) is 86.4 Å². The molecule has 0 unspecified atom stereocenters. The zero-order valence-electron chi connectivity index (χ0n) is 13.6. The number of amides is 1. The first-order valence-electron chi connectivity index (χ1n) is 7.60. The first-order valence-corrected chi connectivity index (χ1v) is 8.39. The van der Waals surface area contributed by atoms with Gasteiger partial charge in [0.15, 0.2) is 12.4 Å². The number of benzene rings is 1. The van der Waals surface area contributed by atoms with E-state index in [1.807, 2.05) is 0 Å². The molecular weight excluding hydrogens is 428 g/mol. The second-order valence-electron chi connectivity index (χ2n) is 5.34. The van der Waals surface area contributed by atoms with Crippen LogP contribution >= 0.6 is 15.9 Å². The van der Waals surface area contributed by atoms with E-state index in [1.165, 1.54) is 6.07 Å². The van der Waals surface area contributed by atoms with Gasteiger partial charge in [0.2, 0.25) is 5.76 Å². The van der Waals surface area contributed by atoms with Gasteiger partial charge in [0.05, 0.1) is 12.2 Å². The third-order valence-electron chi connectivity index (χ3n) is 3.35. The monoisotopic (exact) mass is 439 g/mol. The van der Waals surface area contributed by atoms with Crippen molar-refractivity contribution < 1.29 is 27.5 Å². The molecule has 3 rings (SSSR count). The summed E-state index contributed by atoms with van der Waals surface area (Å²) in [6.45, 7) is -0.337. The highest BCUT2D eigenvalue weighted by molar-refractivity contribution is 9.10. The number of nitrogens with one attached hydrogen (secondary N) is 1. The fourth-order valence-electron chi connectivity index (χ4n) is 2.17. The predicted octanol–water partition coefficient (Wildman–Crippen LogP) is 3.36. The molecule has 0 saturated carbocycles. The molecule has 7 nitrogen and oxygen atoms in total. The number of aromatic nitrogens is 2. The molecule has 1 amide bonds. The molecule has 0 fully saturated rings. The molecule has 2 heterocycles. The van der Waals surface area contributed by atoms with Crippen LogP contribution < -0.4 is 5.32 Å². The third-order valence-corrected chi connectivity index (χ3v) is 3.97. The molecule has 0 aliphatic rings. The van der Waals surface area contributed by atoms with Crippen molar-refractivity contribution in [2.24, 2.45) is 0 Å². The summed E-state index contributed by atoms with van der Waals surface area (Å²) in [5.41, 5.74) is -0.253. The van der Waals surface area contributed by atoms with Gasteiger partial charge in [-0.1, -0.05) is 0 Å². The second kappa shape index (κ2) is 8.12. The summed E-state index contributed by atoms with van der Waals surface area (Å²) in [4.78, 5) is 23.8. The number of nitrogens with zero attached hydrogens (tertiary/aromatic N) is 2. The number of carbonyl (C=O) groups is 2. The fraction of sp³-hybridized carbons (Fsp3) is 0.118. The maximum atomic E-state index is 13.7. The number of carbonyl (C=O) groups excluding carboxylic acids is 2. The standard InChI is InChI=1S/C17H12BrF2N3O4/c18-12-6-10(19)7-13(20)16(12)22-15(24)9-26-17(25)14-3-2-11(27-14)8-23-5-1-4-21-23/h1-7H,8-9H2,(H,22,24). The van der Waals surface area contributed by atoms with Gasteiger partial charge in [0.25, 0.3) is 5.91 Å². The summed E-state index contributed by atoms with van der Waals surface area (Å²) in [6.07, 6.45) is 3.34. The Morgan fingerprint density at radius 2 is 2.11 bits per heavy atom. The van der Waals surface area contributed by atoms with Crippen molar-refractivity contribution in [3.05, 3.63) is 70.4 Å². The van der Waals surface area contributed by atoms with E-state index in [0.29, 0.717) is 18.4 Å². The van der Waals surface area contributed by atoms with Crippen LogP contribution in [0.5, 0.6) is 0 Å². The lowest BCUT2D eigenvalue weighted by Crippen LogP contribution is -2.21. The maximum Gasteiger partial charge on any atom is 0.374 e. The molecule has 2 aromatic heterocycles. The molecule has 0 aliphatic carbocycles. The maximum absolute atomic E-state index is 13.7. The predicted molar refractivity (Wildman–Crippen MR) is 93.0 cm³/mol. The van der Waals surface area contributed by atoms with Crippen LogP contribution in [0.2, 0.25) is 0 Å². The number of esters is 1. The summed E-state index contributed by atoms with van der Waals surface area (Å²) in [7, 11) is 0. The SMILES string of the molecule is O=C(COC(=O)c1ccc(Cn2cccn2)o1)Nc1c(F)cc(F)cc1Br. The number of ether oxygens (including phenoxy) is 1. The van der Waals surface area contributed by atoms with Crippen molar-refractivity contribution in [2.45, 2.75) is 6.54 Å². The molecule has 0 spiro atoms. The van der Waals surface area contributed by atoms with Gasteiger partial charge in [-0.05, 0) is 40.2 Å². The number of rotatable bonds is 6. The van der Waals surface area contributed by atoms with Crippen LogP contribution in [0, 0.1) is 11.6 Å².